The smallest absolute Gasteiger partial charge is 0.255 e. The van der Waals surface area contributed by atoms with Gasteiger partial charge in [-0.15, -0.1) is 0 Å². The molecule has 2 aliphatic heterocycles. The predicted octanol–water partition coefficient (Wildman–Crippen LogP) is 6.35. The average molecular weight is 526 g/mol. The topological polar surface area (TPSA) is 43.9 Å². The van der Waals surface area contributed by atoms with Gasteiger partial charge in [-0.3, -0.25) is 14.5 Å². The maximum Gasteiger partial charge on any atom is 0.255 e. The molecule has 1 unspecified atom stereocenters. The Morgan fingerprint density at radius 3 is 2.13 bits per heavy atom. The van der Waals surface area contributed by atoms with E-state index in [-0.39, 0.29) is 17.4 Å². The van der Waals surface area contributed by atoms with Crippen molar-refractivity contribution in [3.8, 4) is 0 Å². The Balaban J connectivity index is 1.16. The molecule has 0 spiro atoms. The maximum absolute atomic E-state index is 14.0. The molecule has 5 heteroatoms. The molecule has 206 valence electrons. The Kier molecular flexibility index (Phi) is 7.13. The summed E-state index contributed by atoms with van der Waals surface area (Å²) in [4.78, 5) is 34.6. The van der Waals surface area contributed by atoms with E-state index in [1.165, 1.54) is 12.8 Å². The highest BCUT2D eigenvalue weighted by molar-refractivity contribution is 6.18. The number of benzene rings is 3. The van der Waals surface area contributed by atoms with E-state index in [4.69, 9.17) is 0 Å². The van der Waals surface area contributed by atoms with Crippen molar-refractivity contribution < 1.29 is 9.59 Å². The molecule has 0 radical (unpaired) electrons. The summed E-state index contributed by atoms with van der Waals surface area (Å²) in [5, 5.41) is 4.30. The van der Waals surface area contributed by atoms with Crippen molar-refractivity contribution in [1.29, 1.82) is 0 Å². The lowest BCUT2D eigenvalue weighted by atomic mass is 9.79. The number of piperidine rings is 2. The molecule has 0 N–H and O–H groups in total. The zero-order valence-corrected chi connectivity index (χ0v) is 23.9. The SMILES string of the molecule is CC(C)N(CC1CC1)C(=O)C1(C)CCCN(C2CCN(C(=O)c3c4ccccc4cc4ccccc34)CC2)C1. The molecular formula is C34H43N3O2. The van der Waals surface area contributed by atoms with Crippen LogP contribution in [0.2, 0.25) is 0 Å². The Labute approximate surface area is 233 Å². The molecule has 2 heterocycles. The highest BCUT2D eigenvalue weighted by atomic mass is 16.2. The summed E-state index contributed by atoms with van der Waals surface area (Å²) in [7, 11) is 0. The molecule has 2 saturated heterocycles. The van der Waals surface area contributed by atoms with Gasteiger partial charge in [-0.1, -0.05) is 48.5 Å². The van der Waals surface area contributed by atoms with Crippen LogP contribution >= 0.6 is 0 Å². The number of hydrogen-bond donors (Lipinski definition) is 0. The Morgan fingerprint density at radius 2 is 1.54 bits per heavy atom. The van der Waals surface area contributed by atoms with E-state index in [1.807, 2.05) is 24.3 Å². The predicted molar refractivity (Wildman–Crippen MR) is 159 cm³/mol. The molecule has 1 saturated carbocycles. The fourth-order valence-corrected chi connectivity index (χ4v) is 7.05. The number of fused-ring (bicyclic) bond motifs is 2. The molecule has 0 bridgehead atoms. The van der Waals surface area contributed by atoms with Crippen molar-refractivity contribution in [1.82, 2.24) is 14.7 Å². The van der Waals surface area contributed by atoms with E-state index in [0.717, 1.165) is 85.5 Å². The number of carbonyl (C=O) groups excluding carboxylic acids is 2. The summed E-state index contributed by atoms with van der Waals surface area (Å²) in [6.07, 6.45) is 6.51. The molecule has 5 nitrogen and oxygen atoms in total. The molecule has 3 aliphatic rings. The van der Waals surface area contributed by atoms with E-state index in [2.05, 4.69) is 65.8 Å². The Morgan fingerprint density at radius 1 is 0.923 bits per heavy atom. The Hall–Kier alpha value is -2.92. The van der Waals surface area contributed by atoms with Gasteiger partial charge in [-0.2, -0.15) is 0 Å². The standard InChI is InChI=1S/C34H43N3O2/c1-24(2)37(22-25-13-14-25)33(39)34(3)17-8-18-36(23-34)28-15-19-35(20-16-28)32(38)31-29-11-6-4-9-26(29)21-27-10-5-7-12-30(27)31/h4-7,9-12,21,24-25,28H,8,13-20,22-23H2,1-3H3. The van der Waals surface area contributed by atoms with Crippen LogP contribution in [0.4, 0.5) is 0 Å². The molecule has 3 aromatic rings. The summed E-state index contributed by atoms with van der Waals surface area (Å²) in [6.45, 7) is 10.9. The molecule has 3 fully saturated rings. The van der Waals surface area contributed by atoms with Crippen LogP contribution in [0.3, 0.4) is 0 Å². The second kappa shape index (κ2) is 10.6. The number of nitrogens with zero attached hydrogens (tertiary/aromatic N) is 3. The molecule has 1 atom stereocenters. The van der Waals surface area contributed by atoms with Crippen LogP contribution < -0.4 is 0 Å². The summed E-state index contributed by atoms with van der Waals surface area (Å²) in [6, 6.07) is 19.4. The van der Waals surface area contributed by atoms with E-state index < -0.39 is 0 Å². The Bertz CT molecular complexity index is 1320. The van der Waals surface area contributed by atoms with Gasteiger partial charge in [0.05, 0.1) is 11.0 Å². The average Bonchev–Trinajstić information content (AvgIpc) is 3.78. The van der Waals surface area contributed by atoms with Crippen LogP contribution in [0, 0.1) is 11.3 Å². The summed E-state index contributed by atoms with van der Waals surface area (Å²) >= 11 is 0. The van der Waals surface area contributed by atoms with E-state index in [0.29, 0.717) is 17.9 Å². The van der Waals surface area contributed by atoms with Gasteiger partial charge in [-0.05, 0) is 99.4 Å². The molecule has 0 aromatic heterocycles. The van der Waals surface area contributed by atoms with Crippen LogP contribution in [0.15, 0.2) is 54.6 Å². The van der Waals surface area contributed by atoms with Crippen molar-refractivity contribution >= 4 is 33.4 Å². The van der Waals surface area contributed by atoms with Crippen molar-refractivity contribution in [3.63, 3.8) is 0 Å². The number of likely N-dealkylation sites (tertiary alicyclic amines) is 2. The first-order valence-electron chi connectivity index (χ1n) is 15.1. The lowest BCUT2D eigenvalue weighted by Gasteiger charge is -2.47. The number of amides is 2. The highest BCUT2D eigenvalue weighted by Crippen LogP contribution is 2.37. The van der Waals surface area contributed by atoms with Crippen LogP contribution in [0.25, 0.3) is 21.5 Å². The van der Waals surface area contributed by atoms with Gasteiger partial charge in [-0.25, -0.2) is 0 Å². The fourth-order valence-electron chi connectivity index (χ4n) is 7.05. The van der Waals surface area contributed by atoms with Gasteiger partial charge in [0, 0.05) is 38.3 Å². The van der Waals surface area contributed by atoms with Crippen molar-refractivity contribution in [3.05, 3.63) is 60.2 Å². The summed E-state index contributed by atoms with van der Waals surface area (Å²) in [5.41, 5.74) is 0.523. The minimum atomic E-state index is -0.313. The second-order valence-corrected chi connectivity index (χ2v) is 12.8. The van der Waals surface area contributed by atoms with Crippen molar-refractivity contribution in [2.45, 2.75) is 71.4 Å². The third-order valence-electron chi connectivity index (χ3n) is 9.53. The van der Waals surface area contributed by atoms with Crippen LogP contribution in [-0.2, 0) is 4.79 Å². The lowest BCUT2D eigenvalue weighted by Crippen LogP contribution is -2.57. The van der Waals surface area contributed by atoms with E-state index >= 15 is 0 Å². The van der Waals surface area contributed by atoms with Gasteiger partial charge in [0.15, 0.2) is 0 Å². The molecule has 39 heavy (non-hydrogen) atoms. The van der Waals surface area contributed by atoms with E-state index in [9.17, 15) is 9.59 Å². The lowest BCUT2D eigenvalue weighted by molar-refractivity contribution is -0.147. The molecule has 6 rings (SSSR count). The van der Waals surface area contributed by atoms with Gasteiger partial charge >= 0.3 is 0 Å². The molecule has 3 aromatic carbocycles. The zero-order valence-electron chi connectivity index (χ0n) is 23.9. The molecular weight excluding hydrogens is 482 g/mol. The molecule has 2 amide bonds. The van der Waals surface area contributed by atoms with E-state index in [1.54, 1.807) is 0 Å². The summed E-state index contributed by atoms with van der Waals surface area (Å²) < 4.78 is 0. The van der Waals surface area contributed by atoms with Crippen LogP contribution in [0.1, 0.15) is 69.7 Å². The van der Waals surface area contributed by atoms with Crippen LogP contribution in [-0.4, -0.2) is 71.3 Å². The third-order valence-corrected chi connectivity index (χ3v) is 9.53. The first-order chi connectivity index (χ1) is 18.8. The number of carbonyl (C=O) groups is 2. The van der Waals surface area contributed by atoms with Gasteiger partial charge in [0.2, 0.25) is 5.91 Å². The number of hydrogen-bond acceptors (Lipinski definition) is 3. The number of rotatable bonds is 6. The second-order valence-electron chi connectivity index (χ2n) is 12.8. The fraction of sp³-hybridized carbons (Fsp3) is 0.529. The van der Waals surface area contributed by atoms with Crippen molar-refractivity contribution in [2.75, 3.05) is 32.7 Å². The first kappa shape index (κ1) is 26.3. The van der Waals surface area contributed by atoms with Crippen molar-refractivity contribution in [2.24, 2.45) is 11.3 Å². The maximum atomic E-state index is 14.0. The van der Waals surface area contributed by atoms with Gasteiger partial charge in [0.25, 0.3) is 5.91 Å². The normalized spacial score (nSPS) is 23.0. The van der Waals surface area contributed by atoms with Gasteiger partial charge < -0.3 is 9.80 Å². The quantitative estimate of drug-likeness (QED) is 0.353. The van der Waals surface area contributed by atoms with Gasteiger partial charge in [0.1, 0.15) is 0 Å². The molecule has 1 aliphatic carbocycles. The zero-order chi connectivity index (χ0) is 27.1. The summed E-state index contributed by atoms with van der Waals surface area (Å²) in [5.74, 6) is 1.21. The minimum Gasteiger partial charge on any atom is -0.339 e. The highest BCUT2D eigenvalue weighted by Gasteiger charge is 2.44. The van der Waals surface area contributed by atoms with Crippen LogP contribution in [0.5, 0.6) is 0 Å². The largest absolute Gasteiger partial charge is 0.339 e. The third kappa shape index (κ3) is 5.18. The first-order valence-corrected chi connectivity index (χ1v) is 15.1. The minimum absolute atomic E-state index is 0.146. The monoisotopic (exact) mass is 525 g/mol.